The van der Waals surface area contributed by atoms with Gasteiger partial charge in [-0.15, -0.1) is 0 Å². The molecular formula is C59H84N6O18S2. The van der Waals surface area contributed by atoms with Crippen molar-refractivity contribution in [3.05, 3.63) is 89.5 Å². The Kier molecular flexibility index (Phi) is 29.9. The molecule has 3 aliphatic heterocycles. The molecule has 3 fully saturated rings. The number of aliphatic hydroxyl groups excluding tert-OH is 3. The molecule has 26 heteroatoms. The molecule has 6 rings (SSSR count). The molecule has 0 saturated carbocycles. The number of aliphatic carboxylic acids is 1. The first kappa shape index (κ1) is 68.5. The van der Waals surface area contributed by atoms with Gasteiger partial charge in [0.15, 0.2) is 0 Å². The van der Waals surface area contributed by atoms with E-state index in [-0.39, 0.29) is 48.7 Å². The Labute approximate surface area is 504 Å². The molecule has 24 nitrogen and oxygen atoms in total. The van der Waals surface area contributed by atoms with Crippen molar-refractivity contribution < 1.29 is 87.1 Å². The van der Waals surface area contributed by atoms with Crippen molar-refractivity contribution in [1.82, 2.24) is 31.9 Å². The SMILES string of the molecule is CC(=O)NC1C(O)CC(OCCCSCCNC(=O)c2ccc(C)c(OCCOCCOCCOCCOCCOCCNC(=O)CCCCC3SCC4NC(=O)NC43)c2)(C(=O)O)OC1[C@H](O)[C@@H](O)CNC(=O)c1ccc(-c2ccccc2)cc1. The van der Waals surface area contributed by atoms with Gasteiger partial charge in [0.2, 0.25) is 11.8 Å². The summed E-state index contributed by atoms with van der Waals surface area (Å²) in [4.78, 5) is 74.5. The molecule has 9 atom stereocenters. The minimum absolute atomic E-state index is 0.0139. The van der Waals surface area contributed by atoms with Gasteiger partial charge in [-0.3, -0.25) is 19.2 Å². The van der Waals surface area contributed by atoms with E-state index in [2.05, 4.69) is 31.9 Å². The summed E-state index contributed by atoms with van der Waals surface area (Å²) in [6, 6.07) is 20.5. The molecule has 470 valence electrons. The number of carboxylic acid groups (broad SMARTS) is 1. The summed E-state index contributed by atoms with van der Waals surface area (Å²) < 4.78 is 45.3. The number of rotatable bonds is 41. The second-order valence-electron chi connectivity index (χ2n) is 20.5. The van der Waals surface area contributed by atoms with Crippen molar-refractivity contribution in [3.63, 3.8) is 0 Å². The summed E-state index contributed by atoms with van der Waals surface area (Å²) in [5.41, 5.74) is 3.41. The summed E-state index contributed by atoms with van der Waals surface area (Å²) in [7, 11) is 0. The minimum atomic E-state index is -2.45. The predicted molar refractivity (Wildman–Crippen MR) is 318 cm³/mol. The van der Waals surface area contributed by atoms with Crippen LogP contribution in [0.15, 0.2) is 72.8 Å². The van der Waals surface area contributed by atoms with E-state index in [1.165, 1.54) is 18.7 Å². The van der Waals surface area contributed by atoms with Gasteiger partial charge in [-0.2, -0.15) is 23.5 Å². The third-order valence-electron chi connectivity index (χ3n) is 14.1. The van der Waals surface area contributed by atoms with Crippen LogP contribution in [0.4, 0.5) is 4.79 Å². The topological polar surface area (TPSA) is 329 Å². The smallest absolute Gasteiger partial charge is 0.364 e. The Bertz CT molecular complexity index is 2540. The Morgan fingerprint density at radius 3 is 2.05 bits per heavy atom. The van der Waals surface area contributed by atoms with Gasteiger partial charge in [-0.1, -0.05) is 55.0 Å². The normalized spacial score (nSPS) is 21.4. The Morgan fingerprint density at radius 2 is 1.38 bits per heavy atom. The number of carbonyl (C=O) groups is 6. The minimum Gasteiger partial charge on any atom is -0.491 e. The lowest BCUT2D eigenvalue weighted by molar-refractivity contribution is -0.310. The van der Waals surface area contributed by atoms with Crippen LogP contribution in [0.3, 0.4) is 0 Å². The number of hydrogen-bond acceptors (Lipinski definition) is 19. The second-order valence-corrected chi connectivity index (χ2v) is 23.0. The number of carboxylic acids is 1. The van der Waals surface area contributed by atoms with E-state index in [0.29, 0.717) is 120 Å². The number of amides is 6. The van der Waals surface area contributed by atoms with E-state index in [9.17, 15) is 49.2 Å². The quantitative estimate of drug-likeness (QED) is 0.0288. The van der Waals surface area contributed by atoms with E-state index >= 15 is 0 Å². The van der Waals surface area contributed by atoms with Gasteiger partial charge in [0.1, 0.15) is 24.6 Å². The van der Waals surface area contributed by atoms with E-state index in [1.807, 2.05) is 49.0 Å². The van der Waals surface area contributed by atoms with Crippen molar-refractivity contribution in [2.24, 2.45) is 0 Å². The first-order valence-corrected chi connectivity index (χ1v) is 31.1. The van der Waals surface area contributed by atoms with Crippen LogP contribution < -0.4 is 36.6 Å². The van der Waals surface area contributed by atoms with Crippen LogP contribution in [0.5, 0.6) is 5.75 Å². The van der Waals surface area contributed by atoms with E-state index in [0.717, 1.165) is 41.7 Å². The van der Waals surface area contributed by atoms with E-state index in [1.54, 1.807) is 42.5 Å². The fraction of sp³-hybridized carbons (Fsp3) is 0.593. The summed E-state index contributed by atoms with van der Waals surface area (Å²) in [6.07, 6.45) is -3.89. The van der Waals surface area contributed by atoms with Gasteiger partial charge in [0.05, 0.1) is 103 Å². The number of thioether (sulfide) groups is 2. The Hall–Kier alpha value is -5.62. The lowest BCUT2D eigenvalue weighted by Gasteiger charge is -2.46. The zero-order valence-corrected chi connectivity index (χ0v) is 50.0. The fourth-order valence-electron chi connectivity index (χ4n) is 9.59. The Balaban J connectivity index is 0.747. The second kappa shape index (κ2) is 37.2. The maximum Gasteiger partial charge on any atom is 0.364 e. The van der Waals surface area contributed by atoms with Crippen LogP contribution in [0.2, 0.25) is 0 Å². The van der Waals surface area contributed by atoms with Crippen molar-refractivity contribution in [1.29, 1.82) is 0 Å². The molecule has 0 spiro atoms. The molecule has 85 heavy (non-hydrogen) atoms. The largest absolute Gasteiger partial charge is 0.491 e. The van der Waals surface area contributed by atoms with Crippen molar-refractivity contribution in [3.8, 4) is 16.9 Å². The summed E-state index contributed by atoms with van der Waals surface area (Å²) in [6.45, 7) is 7.41. The molecule has 0 radical (unpaired) electrons. The number of fused-ring (bicyclic) bond motifs is 1. The van der Waals surface area contributed by atoms with Gasteiger partial charge >= 0.3 is 12.0 Å². The predicted octanol–water partition coefficient (Wildman–Crippen LogP) is 2.42. The van der Waals surface area contributed by atoms with Gasteiger partial charge in [-0.05, 0) is 72.9 Å². The highest BCUT2D eigenvalue weighted by atomic mass is 32.2. The molecule has 7 unspecified atom stereocenters. The first-order chi connectivity index (χ1) is 41.1. The van der Waals surface area contributed by atoms with Crippen LogP contribution >= 0.6 is 23.5 Å². The van der Waals surface area contributed by atoms with Gasteiger partial charge < -0.3 is 90.2 Å². The molecule has 0 bridgehead atoms. The number of hydrogen-bond donors (Lipinski definition) is 10. The number of urea groups is 1. The third-order valence-corrected chi connectivity index (χ3v) is 16.7. The molecule has 0 aromatic heterocycles. The van der Waals surface area contributed by atoms with Crippen molar-refractivity contribution in [2.75, 3.05) is 116 Å². The van der Waals surface area contributed by atoms with E-state index in [4.69, 9.17) is 37.9 Å². The standard InChI is InChI=1S/C59H84N6O18S2/c1-39-13-14-44(35-48(39)81-32-31-80-30-29-79-28-27-78-26-25-77-24-23-76-22-19-60-50(69)12-7-6-11-49-51-45(38-85-49)64-58(75)65-51)56(72)61-20-34-84-33-8-21-82-59(57(73)74)36-46(67)52(63-40(2)66)54(83-59)53(70)47(68)37-62-55(71)43-17-15-42(16-18-43)41-9-4-3-5-10-41/h3-5,9-10,13-18,35,45-47,49,51-54,67-68,70H,6-8,11-12,19-34,36-38H2,1-2H3,(H,60,69)(H,61,72)(H,62,71)(H,63,66)(H,73,74)(H2,64,65,75)/t45?,46?,47-,49?,51?,52?,53+,54?,59?/m0/s1. The number of ether oxygens (including phenoxy) is 8. The monoisotopic (exact) mass is 1230 g/mol. The number of nitrogens with one attached hydrogen (secondary N) is 6. The fourth-order valence-corrected chi connectivity index (χ4v) is 11.9. The van der Waals surface area contributed by atoms with Gasteiger partial charge in [-0.25, -0.2) is 9.59 Å². The number of aliphatic hydroxyl groups is 3. The van der Waals surface area contributed by atoms with Gasteiger partial charge in [0.25, 0.3) is 17.6 Å². The first-order valence-electron chi connectivity index (χ1n) is 28.9. The molecule has 10 N–H and O–H groups in total. The maximum atomic E-state index is 13.0. The number of carbonyl (C=O) groups excluding carboxylic acids is 5. The molecule has 3 aromatic rings. The van der Waals surface area contributed by atoms with E-state index < -0.39 is 67.0 Å². The van der Waals surface area contributed by atoms with Crippen LogP contribution in [-0.4, -0.2) is 226 Å². The van der Waals surface area contributed by atoms with Crippen molar-refractivity contribution in [2.45, 2.75) is 106 Å². The number of aryl methyl sites for hydroxylation is 1. The van der Waals surface area contributed by atoms with Crippen LogP contribution in [0.1, 0.15) is 71.7 Å². The van der Waals surface area contributed by atoms with Crippen LogP contribution in [-0.2, 0) is 47.5 Å². The zero-order chi connectivity index (χ0) is 60.8. The number of unbranched alkanes of at least 4 members (excludes halogenated alkanes) is 1. The summed E-state index contributed by atoms with van der Waals surface area (Å²) in [5, 5.41) is 60.9. The lowest BCUT2D eigenvalue weighted by Crippen LogP contribution is -2.68. The average Bonchev–Trinajstić information content (AvgIpc) is 4.24. The third kappa shape index (κ3) is 23.2. The Morgan fingerprint density at radius 1 is 0.741 bits per heavy atom. The lowest BCUT2D eigenvalue weighted by atomic mass is 9.88. The van der Waals surface area contributed by atoms with Crippen LogP contribution in [0.25, 0.3) is 11.1 Å². The molecule has 6 amide bonds. The molecule has 3 heterocycles. The van der Waals surface area contributed by atoms with Crippen LogP contribution in [0, 0.1) is 6.92 Å². The molecule has 0 aliphatic carbocycles. The molecular weight excluding hydrogens is 1140 g/mol. The molecule has 3 aromatic carbocycles. The highest BCUT2D eigenvalue weighted by Crippen LogP contribution is 2.35. The summed E-state index contributed by atoms with van der Waals surface area (Å²) in [5.74, 6) is -2.95. The maximum absolute atomic E-state index is 13.0. The highest BCUT2D eigenvalue weighted by Gasteiger charge is 2.56. The average molecular weight is 1230 g/mol. The molecule has 3 saturated heterocycles. The highest BCUT2D eigenvalue weighted by molar-refractivity contribution is 8.00. The summed E-state index contributed by atoms with van der Waals surface area (Å²) >= 11 is 3.37. The molecule has 3 aliphatic rings. The van der Waals surface area contributed by atoms with Gasteiger partial charge in [0, 0.05) is 67.3 Å². The zero-order valence-electron chi connectivity index (χ0n) is 48.3. The number of benzene rings is 3. The van der Waals surface area contributed by atoms with Crippen molar-refractivity contribution >= 4 is 59.2 Å².